The van der Waals surface area contributed by atoms with Gasteiger partial charge < -0.3 is 10.1 Å². The summed E-state index contributed by atoms with van der Waals surface area (Å²) < 4.78 is 43.9. The predicted octanol–water partition coefficient (Wildman–Crippen LogP) is 5.41. The van der Waals surface area contributed by atoms with Gasteiger partial charge in [-0.25, -0.2) is 0 Å². The summed E-state index contributed by atoms with van der Waals surface area (Å²) in [5.74, 6) is -0.356. The van der Waals surface area contributed by atoms with Crippen LogP contribution in [0, 0.1) is 11.3 Å². The molecule has 29 heavy (non-hydrogen) atoms. The molecule has 0 aliphatic heterocycles. The minimum atomic E-state index is -4.54. The summed E-state index contributed by atoms with van der Waals surface area (Å²) >= 11 is 0. The highest BCUT2D eigenvalue weighted by molar-refractivity contribution is 6.11. The molecule has 0 saturated heterocycles. The second-order valence-corrected chi connectivity index (χ2v) is 6.11. The number of benzene rings is 3. The number of nitrogens with one attached hydrogen (secondary N) is 1. The Morgan fingerprint density at radius 3 is 2.55 bits per heavy atom. The molecule has 3 aromatic rings. The van der Waals surface area contributed by atoms with Crippen LogP contribution in [0.3, 0.4) is 0 Å². The van der Waals surface area contributed by atoms with Crippen LogP contribution in [0.5, 0.6) is 5.75 Å². The third-order valence-electron chi connectivity index (χ3n) is 4.25. The lowest BCUT2D eigenvalue weighted by Crippen LogP contribution is -2.14. The molecule has 3 rings (SSSR count). The van der Waals surface area contributed by atoms with Gasteiger partial charge in [0.1, 0.15) is 17.4 Å². The maximum Gasteiger partial charge on any atom is 0.416 e. The fourth-order valence-corrected chi connectivity index (χ4v) is 2.87. The van der Waals surface area contributed by atoms with Crippen molar-refractivity contribution in [2.24, 2.45) is 0 Å². The fraction of sp³-hybridized carbons (Fsp3) is 0.0909. The van der Waals surface area contributed by atoms with E-state index in [1.54, 1.807) is 12.1 Å². The number of hydrogen-bond acceptors (Lipinski definition) is 3. The molecule has 4 nitrogen and oxygen atoms in total. The summed E-state index contributed by atoms with van der Waals surface area (Å²) in [5, 5.41) is 13.5. The minimum Gasteiger partial charge on any atom is -0.496 e. The Bertz CT molecular complexity index is 1140. The predicted molar refractivity (Wildman–Crippen MR) is 104 cm³/mol. The number of alkyl halides is 3. The Hall–Kier alpha value is -3.79. The second kappa shape index (κ2) is 8.07. The average Bonchev–Trinajstić information content (AvgIpc) is 2.71. The Labute approximate surface area is 164 Å². The van der Waals surface area contributed by atoms with Gasteiger partial charge in [0.05, 0.1) is 12.7 Å². The molecule has 0 aliphatic rings. The monoisotopic (exact) mass is 396 g/mol. The molecule has 0 fully saturated rings. The maximum atomic E-state index is 12.9. The topological polar surface area (TPSA) is 62.1 Å². The lowest BCUT2D eigenvalue weighted by Gasteiger charge is -2.11. The molecule has 0 aromatic heterocycles. The first-order valence-electron chi connectivity index (χ1n) is 8.49. The first kappa shape index (κ1) is 20.0. The maximum absolute atomic E-state index is 12.9. The zero-order valence-electron chi connectivity index (χ0n) is 15.2. The molecule has 0 radical (unpaired) electrons. The fourth-order valence-electron chi connectivity index (χ4n) is 2.87. The molecule has 0 aliphatic carbocycles. The van der Waals surface area contributed by atoms with Crippen LogP contribution < -0.4 is 10.1 Å². The molecule has 0 saturated carbocycles. The number of nitrogens with zero attached hydrogens (tertiary/aromatic N) is 1. The van der Waals surface area contributed by atoms with E-state index < -0.39 is 17.6 Å². The van der Waals surface area contributed by atoms with Gasteiger partial charge >= 0.3 is 6.18 Å². The number of carbonyl (C=O) groups excluding carboxylic acids is 1. The van der Waals surface area contributed by atoms with E-state index in [0.29, 0.717) is 11.3 Å². The molecule has 146 valence electrons. The van der Waals surface area contributed by atoms with E-state index >= 15 is 0 Å². The first-order chi connectivity index (χ1) is 13.8. The van der Waals surface area contributed by atoms with Crippen molar-refractivity contribution in [2.75, 3.05) is 12.4 Å². The smallest absolute Gasteiger partial charge is 0.416 e. The molecule has 0 unspecified atom stereocenters. The Kier molecular flexibility index (Phi) is 5.55. The lowest BCUT2D eigenvalue weighted by atomic mass is 10.0. The summed E-state index contributed by atoms with van der Waals surface area (Å²) in [5.41, 5.74) is -0.692. The van der Waals surface area contributed by atoms with E-state index in [1.807, 2.05) is 30.3 Å². The number of carbonyl (C=O) groups is 1. The highest BCUT2D eigenvalue weighted by atomic mass is 19.4. The number of anilines is 1. The van der Waals surface area contributed by atoms with Gasteiger partial charge in [0, 0.05) is 11.3 Å². The van der Waals surface area contributed by atoms with Crippen LogP contribution >= 0.6 is 0 Å². The van der Waals surface area contributed by atoms with Crippen molar-refractivity contribution >= 4 is 28.4 Å². The van der Waals surface area contributed by atoms with Gasteiger partial charge in [-0.15, -0.1) is 0 Å². The van der Waals surface area contributed by atoms with Crippen molar-refractivity contribution in [3.05, 3.63) is 77.4 Å². The molecule has 0 bridgehead atoms. The second-order valence-electron chi connectivity index (χ2n) is 6.11. The van der Waals surface area contributed by atoms with Crippen molar-refractivity contribution in [3.8, 4) is 11.8 Å². The summed E-state index contributed by atoms with van der Waals surface area (Å²) in [6.45, 7) is 0. The molecule has 0 spiro atoms. The largest absolute Gasteiger partial charge is 0.496 e. The van der Waals surface area contributed by atoms with Gasteiger partial charge in [0.25, 0.3) is 5.91 Å². The first-order valence-corrected chi connectivity index (χ1v) is 8.49. The summed E-state index contributed by atoms with van der Waals surface area (Å²) in [4.78, 5) is 12.5. The Balaban J connectivity index is 1.99. The van der Waals surface area contributed by atoms with Gasteiger partial charge in [-0.3, -0.25) is 4.79 Å². The zero-order valence-corrected chi connectivity index (χ0v) is 15.2. The zero-order chi connectivity index (χ0) is 21.0. The summed E-state index contributed by atoms with van der Waals surface area (Å²) in [7, 11) is 1.47. The SMILES string of the molecule is COc1ccc2ccccc2c1C=C(C#N)C(=O)Nc1cccc(C(F)(F)F)c1. The van der Waals surface area contributed by atoms with E-state index in [4.69, 9.17) is 4.74 Å². The van der Waals surface area contributed by atoms with Gasteiger partial charge in [0.2, 0.25) is 0 Å². The van der Waals surface area contributed by atoms with Gasteiger partial charge in [-0.2, -0.15) is 18.4 Å². The van der Waals surface area contributed by atoms with Crippen LogP contribution in [0.1, 0.15) is 11.1 Å². The van der Waals surface area contributed by atoms with Crippen LogP contribution in [0.4, 0.5) is 18.9 Å². The molecule has 3 aromatic carbocycles. The quantitative estimate of drug-likeness (QED) is 0.474. The number of amides is 1. The molecule has 7 heteroatoms. The van der Waals surface area contributed by atoms with Crippen LogP contribution in [-0.2, 0) is 11.0 Å². The van der Waals surface area contributed by atoms with E-state index in [-0.39, 0.29) is 11.3 Å². The number of ether oxygens (including phenoxy) is 1. The van der Waals surface area contributed by atoms with Crippen LogP contribution in [0.25, 0.3) is 16.8 Å². The number of fused-ring (bicyclic) bond motifs is 1. The van der Waals surface area contributed by atoms with Gasteiger partial charge in [0.15, 0.2) is 0 Å². The van der Waals surface area contributed by atoms with Gasteiger partial charge in [-0.05, 0) is 41.1 Å². The van der Waals surface area contributed by atoms with Crippen LogP contribution in [-0.4, -0.2) is 13.0 Å². The van der Waals surface area contributed by atoms with E-state index in [2.05, 4.69) is 5.32 Å². The Morgan fingerprint density at radius 2 is 1.86 bits per heavy atom. The molecule has 0 heterocycles. The minimum absolute atomic E-state index is 0.0594. The van der Waals surface area contributed by atoms with Crippen LogP contribution in [0.15, 0.2) is 66.2 Å². The van der Waals surface area contributed by atoms with Crippen molar-refractivity contribution < 1.29 is 22.7 Å². The van der Waals surface area contributed by atoms with Crippen molar-refractivity contribution in [1.29, 1.82) is 5.26 Å². The number of methoxy groups -OCH3 is 1. The number of halogens is 3. The number of rotatable bonds is 4. The van der Waals surface area contributed by atoms with Crippen molar-refractivity contribution in [3.63, 3.8) is 0 Å². The third-order valence-corrected chi connectivity index (χ3v) is 4.25. The Morgan fingerprint density at radius 1 is 1.10 bits per heavy atom. The number of hydrogen-bond donors (Lipinski definition) is 1. The average molecular weight is 396 g/mol. The van der Waals surface area contributed by atoms with E-state index in [1.165, 1.54) is 25.3 Å². The molecular weight excluding hydrogens is 381 g/mol. The molecular formula is C22H15F3N2O2. The highest BCUT2D eigenvalue weighted by Crippen LogP contribution is 2.32. The summed E-state index contributed by atoms with van der Waals surface area (Å²) in [6.07, 6.45) is -3.17. The van der Waals surface area contributed by atoms with E-state index in [0.717, 1.165) is 22.9 Å². The molecule has 1 amide bonds. The normalized spacial score (nSPS) is 11.8. The van der Waals surface area contributed by atoms with Crippen molar-refractivity contribution in [2.45, 2.75) is 6.18 Å². The summed E-state index contributed by atoms with van der Waals surface area (Å²) in [6, 6.07) is 16.9. The van der Waals surface area contributed by atoms with Crippen molar-refractivity contribution in [1.82, 2.24) is 0 Å². The highest BCUT2D eigenvalue weighted by Gasteiger charge is 2.30. The standard InChI is InChI=1S/C22H15F3N2O2/c1-29-20-10-9-14-5-2-3-8-18(14)19(20)11-15(13-26)21(28)27-17-7-4-6-16(12-17)22(23,24)25/h2-12H,1H3,(H,27,28). The van der Waals surface area contributed by atoms with E-state index in [9.17, 15) is 23.2 Å². The van der Waals surface area contributed by atoms with Crippen LogP contribution in [0.2, 0.25) is 0 Å². The number of nitriles is 1. The lowest BCUT2D eigenvalue weighted by molar-refractivity contribution is -0.137. The molecule has 0 atom stereocenters. The van der Waals surface area contributed by atoms with Gasteiger partial charge in [-0.1, -0.05) is 36.4 Å². The third kappa shape index (κ3) is 4.38. The molecule has 1 N–H and O–H groups in total.